The molecule has 5 nitrogen and oxygen atoms in total. The van der Waals surface area contributed by atoms with Crippen molar-refractivity contribution in [2.45, 2.75) is 19.5 Å². The molecule has 0 aliphatic carbocycles. The first kappa shape index (κ1) is 13.1. The summed E-state index contributed by atoms with van der Waals surface area (Å²) in [5.41, 5.74) is 5.52. The van der Waals surface area contributed by atoms with Crippen LogP contribution in [0.25, 0.3) is 0 Å². The molecule has 0 saturated heterocycles. The standard InChI is InChI=1S/C11H14FN3O2/c1-7(10(16)15-11(13)17)14-6-8-3-2-4-9(12)5-8/h2-5,7,14H,6H2,1H3,(H3,13,15,16,17). The van der Waals surface area contributed by atoms with E-state index in [9.17, 15) is 14.0 Å². The number of primary amides is 1. The van der Waals surface area contributed by atoms with E-state index in [0.717, 1.165) is 0 Å². The quantitative estimate of drug-likeness (QED) is 0.715. The number of nitrogens with two attached hydrogens (primary N) is 1. The van der Waals surface area contributed by atoms with Crippen molar-refractivity contribution < 1.29 is 14.0 Å². The maximum absolute atomic E-state index is 12.9. The molecular weight excluding hydrogens is 225 g/mol. The summed E-state index contributed by atoms with van der Waals surface area (Å²) in [6.45, 7) is 1.91. The highest BCUT2D eigenvalue weighted by atomic mass is 19.1. The summed E-state index contributed by atoms with van der Waals surface area (Å²) in [7, 11) is 0. The second-order valence-corrected chi connectivity index (χ2v) is 3.59. The molecule has 0 aliphatic rings. The minimum absolute atomic E-state index is 0.325. The zero-order valence-electron chi connectivity index (χ0n) is 9.37. The van der Waals surface area contributed by atoms with E-state index in [1.54, 1.807) is 19.1 Å². The van der Waals surface area contributed by atoms with E-state index < -0.39 is 18.0 Å². The summed E-state index contributed by atoms with van der Waals surface area (Å²) in [5, 5.41) is 4.80. The molecule has 1 unspecified atom stereocenters. The van der Waals surface area contributed by atoms with E-state index >= 15 is 0 Å². The molecule has 0 fully saturated rings. The molecule has 0 saturated carbocycles. The van der Waals surface area contributed by atoms with Crippen molar-refractivity contribution in [3.63, 3.8) is 0 Å². The Morgan fingerprint density at radius 3 is 2.76 bits per heavy atom. The van der Waals surface area contributed by atoms with Gasteiger partial charge in [0.1, 0.15) is 5.82 Å². The van der Waals surface area contributed by atoms with Crippen LogP contribution >= 0.6 is 0 Å². The molecule has 1 aromatic carbocycles. The molecule has 3 amide bonds. The molecule has 0 aromatic heterocycles. The molecule has 1 rings (SSSR count). The van der Waals surface area contributed by atoms with Crippen LogP contribution in [-0.2, 0) is 11.3 Å². The fourth-order valence-corrected chi connectivity index (χ4v) is 1.24. The number of amides is 3. The second kappa shape index (κ2) is 5.95. The molecule has 1 aromatic rings. The average Bonchev–Trinajstić information content (AvgIpc) is 2.25. The lowest BCUT2D eigenvalue weighted by Gasteiger charge is -2.12. The van der Waals surface area contributed by atoms with Crippen molar-refractivity contribution in [3.8, 4) is 0 Å². The van der Waals surface area contributed by atoms with Gasteiger partial charge in [-0.2, -0.15) is 0 Å². The smallest absolute Gasteiger partial charge is 0.318 e. The van der Waals surface area contributed by atoms with Crippen LogP contribution in [0.2, 0.25) is 0 Å². The van der Waals surface area contributed by atoms with Crippen LogP contribution in [0.4, 0.5) is 9.18 Å². The molecule has 6 heteroatoms. The third kappa shape index (κ3) is 4.60. The molecule has 92 valence electrons. The Bertz CT molecular complexity index is 423. The van der Waals surface area contributed by atoms with Crippen molar-refractivity contribution in [1.82, 2.24) is 10.6 Å². The van der Waals surface area contributed by atoms with Crippen molar-refractivity contribution in [3.05, 3.63) is 35.6 Å². The molecule has 0 aliphatic heterocycles. The Morgan fingerprint density at radius 1 is 1.47 bits per heavy atom. The summed E-state index contributed by atoms with van der Waals surface area (Å²) >= 11 is 0. The van der Waals surface area contributed by atoms with E-state index in [0.29, 0.717) is 12.1 Å². The SMILES string of the molecule is CC(NCc1cccc(F)c1)C(=O)NC(N)=O. The van der Waals surface area contributed by atoms with Crippen molar-refractivity contribution in [2.75, 3.05) is 0 Å². The third-order valence-electron chi connectivity index (χ3n) is 2.14. The third-order valence-corrected chi connectivity index (χ3v) is 2.14. The number of nitrogens with one attached hydrogen (secondary N) is 2. The topological polar surface area (TPSA) is 84.2 Å². The Morgan fingerprint density at radius 2 is 2.18 bits per heavy atom. The highest BCUT2D eigenvalue weighted by Crippen LogP contribution is 2.03. The van der Waals surface area contributed by atoms with Gasteiger partial charge in [0.15, 0.2) is 0 Å². The molecule has 4 N–H and O–H groups in total. The summed E-state index contributed by atoms with van der Waals surface area (Å²) < 4.78 is 12.9. The van der Waals surface area contributed by atoms with Gasteiger partial charge in [-0.05, 0) is 24.6 Å². The monoisotopic (exact) mass is 239 g/mol. The first-order valence-corrected chi connectivity index (χ1v) is 5.07. The number of rotatable bonds is 4. The van der Waals surface area contributed by atoms with Crippen LogP contribution in [0.1, 0.15) is 12.5 Å². The van der Waals surface area contributed by atoms with E-state index in [2.05, 4.69) is 5.32 Å². The minimum Gasteiger partial charge on any atom is -0.351 e. The van der Waals surface area contributed by atoms with Gasteiger partial charge in [-0.25, -0.2) is 9.18 Å². The van der Waals surface area contributed by atoms with Crippen LogP contribution in [0.3, 0.4) is 0 Å². The van der Waals surface area contributed by atoms with Crippen LogP contribution in [0.15, 0.2) is 24.3 Å². The Labute approximate surface area is 98.2 Å². The number of benzene rings is 1. The average molecular weight is 239 g/mol. The van der Waals surface area contributed by atoms with Gasteiger partial charge in [-0.15, -0.1) is 0 Å². The number of carbonyl (C=O) groups is 2. The van der Waals surface area contributed by atoms with Gasteiger partial charge in [-0.3, -0.25) is 10.1 Å². The number of imide groups is 1. The number of urea groups is 1. The molecule has 17 heavy (non-hydrogen) atoms. The van der Waals surface area contributed by atoms with Gasteiger partial charge in [0.05, 0.1) is 6.04 Å². The summed E-state index contributed by atoms with van der Waals surface area (Å²) in [5.74, 6) is -0.854. The summed E-state index contributed by atoms with van der Waals surface area (Å²) in [6.07, 6.45) is 0. The van der Waals surface area contributed by atoms with Crippen molar-refractivity contribution >= 4 is 11.9 Å². The largest absolute Gasteiger partial charge is 0.351 e. The predicted octanol–water partition coefficient (Wildman–Crippen LogP) is 0.499. The van der Waals surface area contributed by atoms with E-state index in [4.69, 9.17) is 5.73 Å². The van der Waals surface area contributed by atoms with Crippen LogP contribution in [0, 0.1) is 5.82 Å². The normalized spacial score (nSPS) is 11.9. The van der Waals surface area contributed by atoms with E-state index in [1.807, 2.05) is 5.32 Å². The number of hydrogen-bond donors (Lipinski definition) is 3. The van der Waals surface area contributed by atoms with E-state index in [1.165, 1.54) is 12.1 Å². The number of hydrogen-bond acceptors (Lipinski definition) is 3. The zero-order valence-corrected chi connectivity index (χ0v) is 9.37. The van der Waals surface area contributed by atoms with Gasteiger partial charge in [0, 0.05) is 6.54 Å². The fourth-order valence-electron chi connectivity index (χ4n) is 1.24. The highest BCUT2D eigenvalue weighted by Gasteiger charge is 2.13. The van der Waals surface area contributed by atoms with Gasteiger partial charge in [0.2, 0.25) is 5.91 Å². The Hall–Kier alpha value is -1.95. The van der Waals surface area contributed by atoms with Crippen LogP contribution in [0.5, 0.6) is 0 Å². The van der Waals surface area contributed by atoms with Gasteiger partial charge < -0.3 is 11.1 Å². The fraction of sp³-hybridized carbons (Fsp3) is 0.273. The Kier molecular flexibility index (Phi) is 4.59. The molecule has 0 heterocycles. The summed E-state index contributed by atoms with van der Waals surface area (Å²) in [6, 6.07) is 4.54. The van der Waals surface area contributed by atoms with Gasteiger partial charge in [0.25, 0.3) is 0 Å². The summed E-state index contributed by atoms with van der Waals surface area (Å²) in [4.78, 5) is 21.7. The lowest BCUT2D eigenvalue weighted by atomic mass is 10.2. The predicted molar refractivity (Wildman–Crippen MR) is 60.4 cm³/mol. The Balaban J connectivity index is 2.45. The molecule has 0 spiro atoms. The van der Waals surface area contributed by atoms with Crippen molar-refractivity contribution in [2.24, 2.45) is 5.73 Å². The van der Waals surface area contributed by atoms with Gasteiger partial charge >= 0.3 is 6.03 Å². The van der Waals surface area contributed by atoms with E-state index in [-0.39, 0.29) is 5.82 Å². The van der Waals surface area contributed by atoms with Crippen molar-refractivity contribution in [1.29, 1.82) is 0 Å². The first-order valence-electron chi connectivity index (χ1n) is 5.07. The first-order chi connectivity index (χ1) is 7.99. The molecular formula is C11H14FN3O2. The second-order valence-electron chi connectivity index (χ2n) is 3.59. The van der Waals surface area contributed by atoms with Crippen LogP contribution < -0.4 is 16.4 Å². The molecule has 0 bridgehead atoms. The maximum Gasteiger partial charge on any atom is 0.318 e. The van der Waals surface area contributed by atoms with Gasteiger partial charge in [-0.1, -0.05) is 12.1 Å². The number of halogens is 1. The highest BCUT2D eigenvalue weighted by molar-refractivity contribution is 5.96. The minimum atomic E-state index is -0.894. The molecule has 0 radical (unpaired) electrons. The lowest BCUT2D eigenvalue weighted by molar-refractivity contribution is -0.121. The maximum atomic E-state index is 12.9. The van der Waals surface area contributed by atoms with Crippen LogP contribution in [-0.4, -0.2) is 18.0 Å². The lowest BCUT2D eigenvalue weighted by Crippen LogP contribution is -2.46. The molecule has 1 atom stereocenters. The zero-order chi connectivity index (χ0) is 12.8. The number of carbonyl (C=O) groups excluding carboxylic acids is 2.